The number of Topliss-reactive ketones (excluding diaryl/α,β-unsaturated/α-hetero) is 1. The van der Waals surface area contributed by atoms with Crippen molar-refractivity contribution in [1.29, 1.82) is 0 Å². The van der Waals surface area contributed by atoms with Crippen molar-refractivity contribution in [3.8, 4) is 5.69 Å². The molecule has 0 fully saturated rings. The van der Waals surface area contributed by atoms with Gasteiger partial charge in [0.2, 0.25) is 5.78 Å². The number of amides is 3. The molecule has 4 aromatic rings. The second-order valence-corrected chi connectivity index (χ2v) is 8.75. The molecule has 4 N–H and O–H groups in total. The Kier molecular flexibility index (Phi) is 8.07. The molecule has 0 radical (unpaired) electrons. The molecule has 1 aromatic heterocycles. The van der Waals surface area contributed by atoms with E-state index in [4.69, 9.17) is 5.73 Å². The molecule has 0 saturated heterocycles. The predicted octanol–water partition coefficient (Wildman–Crippen LogP) is 2.51. The number of nitrogens with one attached hydrogen (secondary N) is 2. The van der Waals surface area contributed by atoms with E-state index in [0.717, 1.165) is 11.1 Å². The third kappa shape index (κ3) is 6.38. The normalized spacial score (nSPS) is 11.4. The highest BCUT2D eigenvalue weighted by Crippen LogP contribution is 2.16. The van der Waals surface area contributed by atoms with Gasteiger partial charge in [0.1, 0.15) is 11.7 Å². The van der Waals surface area contributed by atoms with Gasteiger partial charge in [0.25, 0.3) is 17.7 Å². The second-order valence-electron chi connectivity index (χ2n) is 8.75. The number of aryl methyl sites for hydroxylation is 1. The summed E-state index contributed by atoms with van der Waals surface area (Å²) < 4.78 is 1.46. The molecule has 0 bridgehead atoms. The molecule has 0 saturated carbocycles. The number of nitrogens with zero attached hydrogens (tertiary/aromatic N) is 2. The summed E-state index contributed by atoms with van der Waals surface area (Å²) in [5.41, 5.74) is 8.73. The van der Waals surface area contributed by atoms with E-state index in [1.807, 2.05) is 24.3 Å². The standard InChI is InChI=1S/C29H27N5O4/c1-19-15-25(29(38)32-24(26(35)27(30)36)17-20-9-4-2-5-10-20)34(33-19)23-14-8-11-21(16-23)18-31-28(37)22-12-6-3-7-13-22/h2-16,24H,17-18H2,1H3,(H2,30,36)(H,31,37)(H,32,38). The summed E-state index contributed by atoms with van der Waals surface area (Å²) in [5.74, 6) is -2.79. The van der Waals surface area contributed by atoms with E-state index in [0.29, 0.717) is 16.9 Å². The monoisotopic (exact) mass is 509 g/mol. The molecule has 1 atom stereocenters. The molecule has 0 spiro atoms. The molecule has 0 aliphatic heterocycles. The van der Waals surface area contributed by atoms with Crippen LogP contribution in [0.1, 0.15) is 37.7 Å². The van der Waals surface area contributed by atoms with Crippen LogP contribution in [-0.2, 0) is 22.6 Å². The van der Waals surface area contributed by atoms with Gasteiger partial charge in [-0.05, 0) is 48.4 Å². The van der Waals surface area contributed by atoms with Gasteiger partial charge in [-0.25, -0.2) is 4.68 Å². The summed E-state index contributed by atoms with van der Waals surface area (Å²) >= 11 is 0. The van der Waals surface area contributed by atoms with E-state index in [1.165, 1.54) is 4.68 Å². The third-order valence-corrected chi connectivity index (χ3v) is 5.86. The molecular formula is C29H27N5O4. The van der Waals surface area contributed by atoms with Crippen LogP contribution in [0.15, 0.2) is 91.0 Å². The minimum atomic E-state index is -1.13. The van der Waals surface area contributed by atoms with E-state index >= 15 is 0 Å². The fourth-order valence-corrected chi connectivity index (χ4v) is 3.99. The lowest BCUT2D eigenvalue weighted by molar-refractivity contribution is -0.137. The van der Waals surface area contributed by atoms with Gasteiger partial charge in [0, 0.05) is 18.5 Å². The summed E-state index contributed by atoms with van der Waals surface area (Å²) in [7, 11) is 0. The molecule has 0 aliphatic carbocycles. The minimum Gasteiger partial charge on any atom is -0.363 e. The van der Waals surface area contributed by atoms with Gasteiger partial charge >= 0.3 is 0 Å². The first-order chi connectivity index (χ1) is 18.3. The van der Waals surface area contributed by atoms with E-state index in [9.17, 15) is 19.2 Å². The molecule has 4 rings (SSSR count). The van der Waals surface area contributed by atoms with Gasteiger partial charge in [-0.3, -0.25) is 19.2 Å². The number of rotatable bonds is 10. The highest BCUT2D eigenvalue weighted by molar-refractivity contribution is 6.38. The Labute approximate surface area is 219 Å². The first kappa shape index (κ1) is 26.0. The summed E-state index contributed by atoms with van der Waals surface area (Å²) in [6.45, 7) is 2.02. The van der Waals surface area contributed by atoms with Crippen LogP contribution in [0.2, 0.25) is 0 Å². The lowest BCUT2D eigenvalue weighted by Crippen LogP contribution is -2.47. The van der Waals surface area contributed by atoms with Crippen LogP contribution in [0.4, 0.5) is 0 Å². The molecule has 38 heavy (non-hydrogen) atoms. The van der Waals surface area contributed by atoms with E-state index in [-0.39, 0.29) is 24.6 Å². The van der Waals surface area contributed by atoms with Gasteiger partial charge in [0.05, 0.1) is 11.4 Å². The van der Waals surface area contributed by atoms with Crippen molar-refractivity contribution in [1.82, 2.24) is 20.4 Å². The molecule has 1 unspecified atom stereocenters. The largest absolute Gasteiger partial charge is 0.363 e. The molecular weight excluding hydrogens is 482 g/mol. The van der Waals surface area contributed by atoms with E-state index < -0.39 is 23.6 Å². The van der Waals surface area contributed by atoms with Crippen molar-refractivity contribution in [2.24, 2.45) is 5.73 Å². The smallest absolute Gasteiger partial charge is 0.287 e. The van der Waals surface area contributed by atoms with Crippen LogP contribution < -0.4 is 16.4 Å². The quantitative estimate of drug-likeness (QED) is 0.282. The van der Waals surface area contributed by atoms with Gasteiger partial charge in [-0.15, -0.1) is 0 Å². The van der Waals surface area contributed by atoms with Crippen molar-refractivity contribution in [3.05, 3.63) is 119 Å². The topological polar surface area (TPSA) is 136 Å². The number of primary amides is 1. The average molecular weight is 510 g/mol. The maximum atomic E-state index is 13.3. The van der Waals surface area contributed by atoms with Gasteiger partial charge in [0.15, 0.2) is 0 Å². The van der Waals surface area contributed by atoms with Crippen LogP contribution in [0, 0.1) is 6.92 Å². The van der Waals surface area contributed by atoms with Gasteiger partial charge < -0.3 is 16.4 Å². The van der Waals surface area contributed by atoms with Gasteiger partial charge in [-0.1, -0.05) is 60.7 Å². The maximum absolute atomic E-state index is 13.3. The van der Waals surface area contributed by atoms with Gasteiger partial charge in [-0.2, -0.15) is 5.10 Å². The zero-order chi connectivity index (χ0) is 27.1. The fourth-order valence-electron chi connectivity index (χ4n) is 3.99. The van der Waals surface area contributed by atoms with Crippen LogP contribution in [-0.4, -0.2) is 39.3 Å². The Hall–Kier alpha value is -5.05. The molecule has 0 aliphatic rings. The highest BCUT2D eigenvalue weighted by Gasteiger charge is 2.27. The number of benzene rings is 3. The molecule has 3 amide bonds. The van der Waals surface area contributed by atoms with E-state index in [1.54, 1.807) is 73.7 Å². The number of carbonyl (C=O) groups excluding carboxylic acids is 4. The van der Waals surface area contributed by atoms with Crippen molar-refractivity contribution in [2.75, 3.05) is 0 Å². The number of carbonyl (C=O) groups is 4. The number of ketones is 1. The molecule has 9 nitrogen and oxygen atoms in total. The summed E-state index contributed by atoms with van der Waals surface area (Å²) in [5, 5.41) is 9.98. The number of hydrogen-bond acceptors (Lipinski definition) is 5. The number of nitrogens with two attached hydrogens (primary N) is 1. The lowest BCUT2D eigenvalue weighted by atomic mass is 10.0. The Balaban J connectivity index is 1.53. The second kappa shape index (κ2) is 11.8. The Morgan fingerprint density at radius 2 is 1.50 bits per heavy atom. The Morgan fingerprint density at radius 3 is 2.18 bits per heavy atom. The number of hydrogen-bond donors (Lipinski definition) is 3. The Bertz CT molecular complexity index is 1460. The zero-order valence-corrected chi connectivity index (χ0v) is 20.8. The minimum absolute atomic E-state index is 0.109. The number of aromatic nitrogens is 2. The van der Waals surface area contributed by atoms with Crippen LogP contribution in [0.5, 0.6) is 0 Å². The first-order valence-electron chi connectivity index (χ1n) is 12.0. The molecule has 192 valence electrons. The Morgan fingerprint density at radius 1 is 0.842 bits per heavy atom. The van der Waals surface area contributed by atoms with Crippen molar-refractivity contribution in [2.45, 2.75) is 25.9 Å². The zero-order valence-electron chi connectivity index (χ0n) is 20.8. The van der Waals surface area contributed by atoms with Crippen LogP contribution >= 0.6 is 0 Å². The predicted molar refractivity (Wildman–Crippen MR) is 142 cm³/mol. The van der Waals surface area contributed by atoms with Crippen molar-refractivity contribution < 1.29 is 19.2 Å². The lowest BCUT2D eigenvalue weighted by Gasteiger charge is -2.17. The SMILES string of the molecule is Cc1cc(C(=O)NC(Cc2ccccc2)C(=O)C(N)=O)n(-c2cccc(CNC(=O)c3ccccc3)c2)n1. The van der Waals surface area contributed by atoms with E-state index in [2.05, 4.69) is 15.7 Å². The third-order valence-electron chi connectivity index (χ3n) is 5.86. The van der Waals surface area contributed by atoms with Crippen molar-refractivity contribution >= 4 is 23.5 Å². The fraction of sp³-hybridized carbons (Fsp3) is 0.138. The molecule has 3 aromatic carbocycles. The summed E-state index contributed by atoms with van der Waals surface area (Å²) in [6, 6.07) is 25.6. The molecule has 9 heteroatoms. The van der Waals surface area contributed by atoms with Crippen LogP contribution in [0.25, 0.3) is 5.69 Å². The van der Waals surface area contributed by atoms with Crippen molar-refractivity contribution in [3.63, 3.8) is 0 Å². The average Bonchev–Trinajstić information content (AvgIpc) is 3.34. The summed E-state index contributed by atoms with van der Waals surface area (Å²) in [6.07, 6.45) is 0.109. The maximum Gasteiger partial charge on any atom is 0.287 e. The first-order valence-corrected chi connectivity index (χ1v) is 12.0. The summed E-state index contributed by atoms with van der Waals surface area (Å²) in [4.78, 5) is 49.9. The molecule has 1 heterocycles. The van der Waals surface area contributed by atoms with Crippen LogP contribution in [0.3, 0.4) is 0 Å². The highest BCUT2D eigenvalue weighted by atomic mass is 16.2.